The third kappa shape index (κ3) is 3.99. The number of nitrogens with zero attached hydrogens (tertiary/aromatic N) is 4. The average Bonchev–Trinajstić information content (AvgIpc) is 3.16. The maximum Gasteiger partial charge on any atom is 0.223 e. The molecule has 2 aromatic heterocycles. The Balaban J connectivity index is 1.38. The number of aromatic nitrogens is 3. The highest BCUT2D eigenvalue weighted by molar-refractivity contribution is 9.10. The Morgan fingerprint density at radius 2 is 1.89 bits per heavy atom. The molecule has 1 fully saturated rings. The quantitative estimate of drug-likeness (QED) is 0.564. The zero-order valence-electron chi connectivity index (χ0n) is 15.4. The van der Waals surface area contributed by atoms with Crippen LogP contribution in [-0.2, 0) is 4.79 Å². The van der Waals surface area contributed by atoms with Crippen molar-refractivity contribution in [3.8, 4) is 0 Å². The summed E-state index contributed by atoms with van der Waals surface area (Å²) in [4.78, 5) is 26.9. The average molecular weight is 441 g/mol. The molecule has 28 heavy (non-hydrogen) atoms. The SMILES string of the molecule is O=C(CCC(=O)N1CCC[C@@H](c2nnc3ccccn23)C1)c1ccc(Br)cc1. The molecule has 1 aliphatic rings. The number of halogens is 1. The van der Waals surface area contributed by atoms with Crippen LogP contribution in [0.3, 0.4) is 0 Å². The van der Waals surface area contributed by atoms with E-state index in [9.17, 15) is 9.59 Å². The van der Waals surface area contributed by atoms with Crippen LogP contribution in [0.25, 0.3) is 5.65 Å². The molecule has 0 unspecified atom stereocenters. The highest BCUT2D eigenvalue weighted by Crippen LogP contribution is 2.26. The lowest BCUT2D eigenvalue weighted by molar-refractivity contribution is -0.132. The van der Waals surface area contributed by atoms with Gasteiger partial charge in [-0.05, 0) is 37.1 Å². The van der Waals surface area contributed by atoms with Gasteiger partial charge in [0.15, 0.2) is 11.4 Å². The van der Waals surface area contributed by atoms with Gasteiger partial charge < -0.3 is 4.90 Å². The van der Waals surface area contributed by atoms with Gasteiger partial charge in [0.1, 0.15) is 5.82 Å². The summed E-state index contributed by atoms with van der Waals surface area (Å²) in [6.07, 6.45) is 4.34. The van der Waals surface area contributed by atoms with Crippen LogP contribution in [0.1, 0.15) is 47.8 Å². The summed E-state index contributed by atoms with van der Waals surface area (Å²) >= 11 is 3.36. The highest BCUT2D eigenvalue weighted by Gasteiger charge is 2.28. The first-order valence-electron chi connectivity index (χ1n) is 9.48. The Kier molecular flexibility index (Phi) is 5.52. The normalized spacial score (nSPS) is 17.0. The van der Waals surface area contributed by atoms with E-state index < -0.39 is 0 Å². The molecule has 1 atom stereocenters. The monoisotopic (exact) mass is 440 g/mol. The number of carbonyl (C=O) groups is 2. The van der Waals surface area contributed by atoms with Crippen LogP contribution in [0, 0.1) is 0 Å². The first kappa shape index (κ1) is 18.8. The Hall–Kier alpha value is -2.54. The van der Waals surface area contributed by atoms with Crippen molar-refractivity contribution in [3.05, 3.63) is 64.5 Å². The second-order valence-electron chi connectivity index (χ2n) is 7.10. The number of rotatable bonds is 5. The van der Waals surface area contributed by atoms with Crippen molar-refractivity contribution < 1.29 is 9.59 Å². The van der Waals surface area contributed by atoms with E-state index in [0.717, 1.165) is 35.3 Å². The minimum absolute atomic E-state index is 0.00198. The molecule has 1 aromatic carbocycles. The van der Waals surface area contributed by atoms with E-state index in [0.29, 0.717) is 12.1 Å². The number of pyridine rings is 1. The van der Waals surface area contributed by atoms with Crippen LogP contribution in [0.15, 0.2) is 53.1 Å². The minimum atomic E-state index is -0.00198. The van der Waals surface area contributed by atoms with E-state index in [4.69, 9.17) is 0 Å². The molecule has 1 amide bonds. The number of benzene rings is 1. The number of ketones is 1. The molecule has 0 saturated carbocycles. The van der Waals surface area contributed by atoms with Gasteiger partial charge in [0, 0.05) is 48.1 Å². The molecule has 4 rings (SSSR count). The third-order valence-electron chi connectivity index (χ3n) is 5.21. The fourth-order valence-corrected chi connectivity index (χ4v) is 3.98. The van der Waals surface area contributed by atoms with Crippen molar-refractivity contribution in [3.63, 3.8) is 0 Å². The predicted octanol–water partition coefficient (Wildman–Crippen LogP) is 3.86. The van der Waals surface area contributed by atoms with Gasteiger partial charge in [-0.2, -0.15) is 0 Å². The van der Waals surface area contributed by atoms with Crippen LogP contribution in [0.5, 0.6) is 0 Å². The van der Waals surface area contributed by atoms with E-state index in [1.807, 2.05) is 45.8 Å². The van der Waals surface area contributed by atoms with Crippen molar-refractivity contribution in [2.75, 3.05) is 13.1 Å². The zero-order valence-corrected chi connectivity index (χ0v) is 17.0. The van der Waals surface area contributed by atoms with E-state index >= 15 is 0 Å². The van der Waals surface area contributed by atoms with Crippen LogP contribution in [-0.4, -0.2) is 44.3 Å². The molecular weight excluding hydrogens is 420 g/mol. The van der Waals surface area contributed by atoms with E-state index in [2.05, 4.69) is 26.1 Å². The fourth-order valence-electron chi connectivity index (χ4n) is 3.71. The summed E-state index contributed by atoms with van der Waals surface area (Å²) in [5.74, 6) is 1.10. The Labute approximate surface area is 171 Å². The topological polar surface area (TPSA) is 67.6 Å². The molecule has 1 aliphatic heterocycles. The lowest BCUT2D eigenvalue weighted by Gasteiger charge is -2.32. The Morgan fingerprint density at radius 1 is 1.07 bits per heavy atom. The van der Waals surface area contributed by atoms with E-state index in [1.165, 1.54) is 0 Å². The molecule has 0 radical (unpaired) electrons. The van der Waals surface area contributed by atoms with Crippen molar-refractivity contribution >= 4 is 33.3 Å². The first-order valence-corrected chi connectivity index (χ1v) is 10.3. The number of fused-ring (bicyclic) bond motifs is 1. The lowest BCUT2D eigenvalue weighted by Crippen LogP contribution is -2.39. The van der Waals surface area contributed by atoms with Crippen molar-refractivity contribution in [2.45, 2.75) is 31.6 Å². The highest BCUT2D eigenvalue weighted by atomic mass is 79.9. The second-order valence-corrected chi connectivity index (χ2v) is 8.01. The number of hydrogen-bond acceptors (Lipinski definition) is 4. The van der Waals surface area contributed by atoms with Crippen LogP contribution in [0.4, 0.5) is 0 Å². The lowest BCUT2D eigenvalue weighted by atomic mass is 9.96. The maximum absolute atomic E-state index is 12.7. The molecule has 7 heteroatoms. The van der Waals surface area contributed by atoms with Crippen LogP contribution < -0.4 is 0 Å². The first-order chi connectivity index (χ1) is 13.6. The fraction of sp³-hybridized carbons (Fsp3) is 0.333. The number of Topliss-reactive ketones (excluding diaryl/α,β-unsaturated/α-hetero) is 1. The minimum Gasteiger partial charge on any atom is -0.342 e. The van der Waals surface area contributed by atoms with Gasteiger partial charge in [-0.3, -0.25) is 14.0 Å². The van der Waals surface area contributed by atoms with Crippen molar-refractivity contribution in [1.29, 1.82) is 0 Å². The van der Waals surface area contributed by atoms with Gasteiger partial charge in [0.2, 0.25) is 5.91 Å². The third-order valence-corrected chi connectivity index (χ3v) is 5.74. The standard InChI is InChI=1S/C21H21BrN4O2/c22-17-8-6-15(7-9-17)18(27)10-11-20(28)25-12-3-4-16(14-25)21-24-23-19-5-1-2-13-26(19)21/h1-2,5-9,13,16H,3-4,10-12,14H2/t16-/m1/s1. The molecule has 0 N–H and O–H groups in total. The van der Waals surface area contributed by atoms with Gasteiger partial charge >= 0.3 is 0 Å². The van der Waals surface area contributed by atoms with Gasteiger partial charge in [-0.1, -0.05) is 34.1 Å². The molecule has 0 bridgehead atoms. The smallest absolute Gasteiger partial charge is 0.223 e. The maximum atomic E-state index is 12.7. The molecule has 0 spiro atoms. The van der Waals surface area contributed by atoms with E-state index in [-0.39, 0.29) is 30.4 Å². The summed E-state index contributed by atoms with van der Waals surface area (Å²) < 4.78 is 2.93. The van der Waals surface area contributed by atoms with Gasteiger partial charge in [0.25, 0.3) is 0 Å². The van der Waals surface area contributed by atoms with E-state index in [1.54, 1.807) is 12.1 Å². The second kappa shape index (κ2) is 8.22. The van der Waals surface area contributed by atoms with Gasteiger partial charge in [-0.15, -0.1) is 10.2 Å². The largest absolute Gasteiger partial charge is 0.342 e. The molecule has 3 aromatic rings. The number of carbonyl (C=O) groups excluding carboxylic acids is 2. The Morgan fingerprint density at radius 3 is 2.71 bits per heavy atom. The summed E-state index contributed by atoms with van der Waals surface area (Å²) in [6.45, 7) is 1.36. The molecule has 0 aliphatic carbocycles. The molecule has 1 saturated heterocycles. The van der Waals surface area contributed by atoms with Gasteiger partial charge in [-0.25, -0.2) is 0 Å². The van der Waals surface area contributed by atoms with Crippen LogP contribution >= 0.6 is 15.9 Å². The number of piperidine rings is 1. The molecule has 144 valence electrons. The summed E-state index contributed by atoms with van der Waals surface area (Å²) in [6, 6.07) is 13.1. The molecule has 6 nitrogen and oxygen atoms in total. The van der Waals surface area contributed by atoms with Crippen molar-refractivity contribution in [2.24, 2.45) is 0 Å². The van der Waals surface area contributed by atoms with Crippen LogP contribution in [0.2, 0.25) is 0 Å². The summed E-state index contributed by atoms with van der Waals surface area (Å²) in [7, 11) is 0. The van der Waals surface area contributed by atoms with Crippen molar-refractivity contribution in [1.82, 2.24) is 19.5 Å². The summed E-state index contributed by atoms with van der Waals surface area (Å²) in [5, 5.41) is 8.58. The number of amides is 1. The number of hydrogen-bond donors (Lipinski definition) is 0. The zero-order chi connectivity index (χ0) is 19.5. The predicted molar refractivity (Wildman–Crippen MR) is 109 cm³/mol. The number of likely N-dealkylation sites (tertiary alicyclic amines) is 1. The molecule has 3 heterocycles. The summed E-state index contributed by atoms with van der Waals surface area (Å²) in [5.41, 5.74) is 1.46. The molecular formula is C21H21BrN4O2. The Bertz CT molecular complexity index is 999. The van der Waals surface area contributed by atoms with Gasteiger partial charge in [0.05, 0.1) is 0 Å².